The molecule has 5 heteroatoms. The van der Waals surface area contributed by atoms with Crippen LogP contribution in [0, 0.1) is 0 Å². The van der Waals surface area contributed by atoms with Crippen molar-refractivity contribution in [2.45, 2.75) is 25.9 Å². The number of nitrogens with one attached hydrogen (secondary N) is 1. The Bertz CT molecular complexity index is 532. The highest BCUT2D eigenvalue weighted by molar-refractivity contribution is 5.69. The van der Waals surface area contributed by atoms with E-state index in [0.717, 1.165) is 5.52 Å². The molecule has 0 unspecified atom stereocenters. The van der Waals surface area contributed by atoms with Gasteiger partial charge < -0.3 is 10.7 Å². The molecule has 0 radical (unpaired) electrons. The first-order valence-corrected chi connectivity index (χ1v) is 4.80. The highest BCUT2D eigenvalue weighted by Crippen LogP contribution is 2.08. The molecule has 0 spiro atoms. The van der Waals surface area contributed by atoms with Gasteiger partial charge in [0.15, 0.2) is 5.65 Å². The Balaban J connectivity index is 2.60. The Kier molecular flexibility index (Phi) is 2.12. The summed E-state index contributed by atoms with van der Waals surface area (Å²) in [5, 5.41) is 0. The number of hydrogen-bond acceptors (Lipinski definition) is 3. The van der Waals surface area contributed by atoms with Crippen LogP contribution in [0.25, 0.3) is 11.2 Å². The van der Waals surface area contributed by atoms with E-state index in [1.165, 1.54) is 0 Å². The molecule has 0 aromatic carbocycles. The number of imidazole rings is 1. The summed E-state index contributed by atoms with van der Waals surface area (Å²) in [5.41, 5.74) is 6.68. The van der Waals surface area contributed by atoms with Crippen molar-refractivity contribution in [1.82, 2.24) is 14.5 Å². The predicted octanol–water partition coefficient (Wildman–Crippen LogP) is 0.462. The Morgan fingerprint density at radius 2 is 2.33 bits per heavy atom. The van der Waals surface area contributed by atoms with E-state index in [1.807, 2.05) is 19.9 Å². The molecule has 0 fully saturated rings. The van der Waals surface area contributed by atoms with E-state index >= 15 is 0 Å². The molecule has 2 aromatic rings. The first-order valence-electron chi connectivity index (χ1n) is 4.80. The minimum absolute atomic E-state index is 0.165. The Labute approximate surface area is 86.9 Å². The van der Waals surface area contributed by atoms with Crippen LogP contribution in [0.1, 0.15) is 13.8 Å². The van der Waals surface area contributed by atoms with Crippen LogP contribution in [-0.2, 0) is 6.54 Å². The van der Waals surface area contributed by atoms with Gasteiger partial charge in [-0.1, -0.05) is 0 Å². The zero-order chi connectivity index (χ0) is 11.1. The molecule has 80 valence electrons. The van der Waals surface area contributed by atoms with Gasteiger partial charge in [-0.05, 0) is 26.0 Å². The quantitative estimate of drug-likeness (QED) is 0.749. The van der Waals surface area contributed by atoms with E-state index in [1.54, 1.807) is 16.8 Å². The molecule has 5 nitrogen and oxygen atoms in total. The monoisotopic (exact) mass is 206 g/mol. The second kappa shape index (κ2) is 3.20. The first kappa shape index (κ1) is 9.92. The number of H-pyrrole nitrogens is 1. The van der Waals surface area contributed by atoms with E-state index in [9.17, 15) is 4.79 Å². The van der Waals surface area contributed by atoms with Crippen molar-refractivity contribution in [1.29, 1.82) is 0 Å². The van der Waals surface area contributed by atoms with Crippen LogP contribution in [0.4, 0.5) is 0 Å². The first-order chi connectivity index (χ1) is 6.97. The number of fused-ring (bicyclic) bond motifs is 1. The Morgan fingerprint density at radius 3 is 3.00 bits per heavy atom. The minimum Gasteiger partial charge on any atom is -0.324 e. The largest absolute Gasteiger partial charge is 0.327 e. The van der Waals surface area contributed by atoms with Crippen LogP contribution in [0.3, 0.4) is 0 Å². The summed E-state index contributed by atoms with van der Waals surface area (Å²) in [6.07, 6.45) is 1.66. The van der Waals surface area contributed by atoms with Crippen LogP contribution in [0.2, 0.25) is 0 Å². The second-order valence-electron chi connectivity index (χ2n) is 4.38. The maximum Gasteiger partial charge on any atom is 0.327 e. The van der Waals surface area contributed by atoms with Crippen LogP contribution < -0.4 is 11.4 Å². The standard InChI is InChI=1S/C10H14N4O/c1-10(2,11)6-14-8-7(13-9(14)15)4-3-5-12-8/h3-5H,6,11H2,1-2H3,(H,13,15). The number of nitrogens with zero attached hydrogens (tertiary/aromatic N) is 2. The SMILES string of the molecule is CC(C)(N)Cn1c(=O)[nH]c2cccnc21. The summed E-state index contributed by atoms with van der Waals surface area (Å²) in [6.45, 7) is 4.20. The average molecular weight is 206 g/mol. The van der Waals surface area contributed by atoms with Crippen molar-refractivity contribution in [3.8, 4) is 0 Å². The van der Waals surface area contributed by atoms with Crippen LogP contribution in [0.5, 0.6) is 0 Å². The molecule has 0 atom stereocenters. The van der Waals surface area contributed by atoms with Crippen molar-refractivity contribution >= 4 is 11.2 Å². The maximum atomic E-state index is 11.6. The van der Waals surface area contributed by atoms with Crippen LogP contribution >= 0.6 is 0 Å². The van der Waals surface area contributed by atoms with Crippen molar-refractivity contribution in [3.05, 3.63) is 28.8 Å². The zero-order valence-corrected chi connectivity index (χ0v) is 8.82. The van der Waals surface area contributed by atoms with Gasteiger partial charge in [-0.15, -0.1) is 0 Å². The van der Waals surface area contributed by atoms with Crippen LogP contribution in [-0.4, -0.2) is 20.1 Å². The van der Waals surface area contributed by atoms with Crippen molar-refractivity contribution in [3.63, 3.8) is 0 Å². The molecule has 0 aliphatic rings. The summed E-state index contributed by atoms with van der Waals surface area (Å²) >= 11 is 0. The third-order valence-corrected chi connectivity index (χ3v) is 2.09. The molecule has 0 saturated heterocycles. The molecule has 0 bridgehead atoms. The molecule has 2 aromatic heterocycles. The molecule has 2 heterocycles. The molecule has 3 N–H and O–H groups in total. The third kappa shape index (κ3) is 1.92. The Hall–Kier alpha value is -1.62. The minimum atomic E-state index is -0.434. The lowest BCUT2D eigenvalue weighted by Crippen LogP contribution is -2.39. The third-order valence-electron chi connectivity index (χ3n) is 2.09. The van der Waals surface area contributed by atoms with Crippen molar-refractivity contribution < 1.29 is 0 Å². The van der Waals surface area contributed by atoms with Gasteiger partial charge in [0.1, 0.15) is 0 Å². The van der Waals surface area contributed by atoms with Gasteiger partial charge in [0, 0.05) is 18.3 Å². The summed E-state index contributed by atoms with van der Waals surface area (Å²) < 4.78 is 1.56. The van der Waals surface area contributed by atoms with Gasteiger partial charge in [-0.25, -0.2) is 9.78 Å². The van der Waals surface area contributed by atoms with Gasteiger partial charge in [-0.3, -0.25) is 4.57 Å². The van der Waals surface area contributed by atoms with Crippen molar-refractivity contribution in [2.24, 2.45) is 5.73 Å². The highest BCUT2D eigenvalue weighted by Gasteiger charge is 2.16. The summed E-state index contributed by atoms with van der Waals surface area (Å²) in [5.74, 6) is 0. The molecular formula is C10H14N4O. The molecule has 0 amide bonds. The fourth-order valence-corrected chi connectivity index (χ4v) is 1.54. The number of rotatable bonds is 2. The molecule has 0 aliphatic heterocycles. The Morgan fingerprint density at radius 1 is 1.60 bits per heavy atom. The highest BCUT2D eigenvalue weighted by atomic mass is 16.1. The summed E-state index contributed by atoms with van der Waals surface area (Å²) in [4.78, 5) is 18.5. The fraction of sp³-hybridized carbons (Fsp3) is 0.400. The van der Waals surface area contributed by atoms with Gasteiger partial charge in [0.05, 0.1) is 5.52 Å². The predicted molar refractivity (Wildman–Crippen MR) is 58.6 cm³/mol. The summed E-state index contributed by atoms with van der Waals surface area (Å²) in [7, 11) is 0. The van der Waals surface area contributed by atoms with E-state index in [4.69, 9.17) is 5.73 Å². The van der Waals surface area contributed by atoms with Crippen molar-refractivity contribution in [2.75, 3.05) is 0 Å². The molecule has 15 heavy (non-hydrogen) atoms. The van der Waals surface area contributed by atoms with Crippen LogP contribution in [0.15, 0.2) is 23.1 Å². The summed E-state index contributed by atoms with van der Waals surface area (Å²) in [6, 6.07) is 3.61. The second-order valence-corrected chi connectivity index (χ2v) is 4.38. The number of hydrogen-bond donors (Lipinski definition) is 2. The van der Waals surface area contributed by atoms with E-state index in [0.29, 0.717) is 12.2 Å². The average Bonchev–Trinajstić information content (AvgIpc) is 2.41. The molecular weight excluding hydrogens is 192 g/mol. The topological polar surface area (TPSA) is 76.7 Å². The number of aromatic amines is 1. The van der Waals surface area contributed by atoms with Gasteiger partial charge in [0.25, 0.3) is 0 Å². The molecule has 0 saturated carbocycles. The van der Waals surface area contributed by atoms with Gasteiger partial charge in [0.2, 0.25) is 0 Å². The normalized spacial score (nSPS) is 12.2. The number of aromatic nitrogens is 3. The maximum absolute atomic E-state index is 11.6. The van der Waals surface area contributed by atoms with E-state index in [-0.39, 0.29) is 5.69 Å². The zero-order valence-electron chi connectivity index (χ0n) is 8.82. The lowest BCUT2D eigenvalue weighted by atomic mass is 10.1. The molecule has 2 rings (SSSR count). The van der Waals surface area contributed by atoms with Gasteiger partial charge >= 0.3 is 5.69 Å². The van der Waals surface area contributed by atoms with E-state index in [2.05, 4.69) is 9.97 Å². The lowest BCUT2D eigenvalue weighted by Gasteiger charge is -2.18. The van der Waals surface area contributed by atoms with Gasteiger partial charge in [-0.2, -0.15) is 0 Å². The number of nitrogens with two attached hydrogens (primary N) is 1. The lowest BCUT2D eigenvalue weighted by molar-refractivity contribution is 0.432. The molecule has 0 aliphatic carbocycles. The fourth-order valence-electron chi connectivity index (χ4n) is 1.54. The van der Waals surface area contributed by atoms with E-state index < -0.39 is 5.54 Å². The smallest absolute Gasteiger partial charge is 0.324 e. The number of pyridine rings is 1.